The molecule has 2 saturated heterocycles. The second-order valence-electron chi connectivity index (χ2n) is 7.54. The minimum Gasteiger partial charge on any atom is -0.381 e. The summed E-state index contributed by atoms with van der Waals surface area (Å²) in [5, 5.41) is 3.46. The predicted molar refractivity (Wildman–Crippen MR) is 102 cm³/mol. The average Bonchev–Trinajstić information content (AvgIpc) is 2.61. The summed E-state index contributed by atoms with van der Waals surface area (Å²) in [6, 6.07) is 0. The highest BCUT2D eigenvalue weighted by atomic mass is 16.5. The van der Waals surface area contributed by atoms with Gasteiger partial charge in [0.2, 0.25) is 0 Å². The first-order valence-electron chi connectivity index (χ1n) is 9.94. The Morgan fingerprint density at radius 1 is 1.12 bits per heavy atom. The maximum Gasteiger partial charge on any atom is 0.193 e. The van der Waals surface area contributed by atoms with Crippen LogP contribution < -0.4 is 5.32 Å². The molecule has 24 heavy (non-hydrogen) atoms. The molecular formula is C19H38N4O. The maximum atomic E-state index is 5.46. The topological polar surface area (TPSA) is 40.1 Å². The van der Waals surface area contributed by atoms with E-state index in [1.807, 2.05) is 0 Å². The van der Waals surface area contributed by atoms with Crippen molar-refractivity contribution in [2.24, 2.45) is 16.8 Å². The van der Waals surface area contributed by atoms with E-state index < -0.39 is 0 Å². The molecule has 0 aromatic carbocycles. The van der Waals surface area contributed by atoms with Gasteiger partial charge >= 0.3 is 0 Å². The molecule has 140 valence electrons. The molecule has 1 N–H and O–H groups in total. The lowest BCUT2D eigenvalue weighted by atomic mass is 9.94. The number of nitrogens with zero attached hydrogens (tertiary/aromatic N) is 3. The number of hydrogen-bond donors (Lipinski definition) is 1. The summed E-state index contributed by atoms with van der Waals surface area (Å²) in [5.74, 6) is 2.76. The van der Waals surface area contributed by atoms with E-state index in [1.165, 1.54) is 51.6 Å². The van der Waals surface area contributed by atoms with E-state index in [1.54, 1.807) is 0 Å². The van der Waals surface area contributed by atoms with Crippen molar-refractivity contribution in [2.75, 3.05) is 60.0 Å². The Bertz CT molecular complexity index is 360. The van der Waals surface area contributed by atoms with E-state index in [-0.39, 0.29) is 0 Å². The highest BCUT2D eigenvalue weighted by Gasteiger charge is 2.17. The number of nitrogens with one attached hydrogen (secondary N) is 1. The van der Waals surface area contributed by atoms with Crippen LogP contribution >= 0.6 is 0 Å². The minimum atomic E-state index is 0.823. The van der Waals surface area contributed by atoms with Gasteiger partial charge in [-0.2, -0.15) is 0 Å². The third-order valence-corrected chi connectivity index (χ3v) is 5.55. The molecule has 0 saturated carbocycles. The van der Waals surface area contributed by atoms with Gasteiger partial charge in [0.05, 0.1) is 0 Å². The molecule has 0 spiro atoms. The summed E-state index contributed by atoms with van der Waals surface area (Å²) in [4.78, 5) is 9.63. The van der Waals surface area contributed by atoms with Crippen LogP contribution in [0.25, 0.3) is 0 Å². The van der Waals surface area contributed by atoms with E-state index in [2.05, 4.69) is 36.1 Å². The zero-order valence-corrected chi connectivity index (χ0v) is 16.1. The quantitative estimate of drug-likeness (QED) is 0.572. The average molecular weight is 339 g/mol. The smallest absolute Gasteiger partial charge is 0.193 e. The van der Waals surface area contributed by atoms with Crippen molar-refractivity contribution >= 4 is 5.96 Å². The highest BCUT2D eigenvalue weighted by Crippen LogP contribution is 2.20. The van der Waals surface area contributed by atoms with Crippen LogP contribution in [0.15, 0.2) is 4.99 Å². The van der Waals surface area contributed by atoms with Crippen molar-refractivity contribution in [1.29, 1.82) is 0 Å². The first-order valence-corrected chi connectivity index (χ1v) is 9.94. The number of hydrogen-bond acceptors (Lipinski definition) is 3. The van der Waals surface area contributed by atoms with Crippen LogP contribution in [-0.2, 0) is 4.74 Å². The molecule has 2 fully saturated rings. The van der Waals surface area contributed by atoms with Crippen LogP contribution in [0.4, 0.5) is 0 Å². The number of likely N-dealkylation sites (tertiary alicyclic amines) is 1. The van der Waals surface area contributed by atoms with E-state index in [0.717, 1.165) is 50.6 Å². The van der Waals surface area contributed by atoms with Crippen LogP contribution in [0.5, 0.6) is 0 Å². The molecule has 0 aromatic rings. The van der Waals surface area contributed by atoms with Crippen LogP contribution in [-0.4, -0.2) is 75.8 Å². The standard InChI is InChI=1S/C19H38N4O/c1-4-20-19(21-11-5-17-6-12-22(2)13-7-17)23(3)14-8-18-9-15-24-16-10-18/h17-18H,4-16H2,1-3H3,(H,20,21). The zero-order valence-electron chi connectivity index (χ0n) is 16.1. The normalized spacial score (nSPS) is 21.9. The fourth-order valence-corrected chi connectivity index (χ4v) is 3.69. The number of guanidine groups is 1. The summed E-state index contributed by atoms with van der Waals surface area (Å²) in [5.41, 5.74) is 0. The number of piperidine rings is 1. The molecule has 0 atom stereocenters. The fourth-order valence-electron chi connectivity index (χ4n) is 3.69. The lowest BCUT2D eigenvalue weighted by molar-refractivity contribution is 0.0625. The van der Waals surface area contributed by atoms with Crippen molar-refractivity contribution in [3.8, 4) is 0 Å². The lowest BCUT2D eigenvalue weighted by Gasteiger charge is -2.29. The van der Waals surface area contributed by atoms with E-state index in [9.17, 15) is 0 Å². The molecule has 0 bridgehead atoms. The van der Waals surface area contributed by atoms with Gasteiger partial charge in [-0.3, -0.25) is 4.99 Å². The Balaban J connectivity index is 1.71. The summed E-state index contributed by atoms with van der Waals surface area (Å²) in [7, 11) is 4.40. The molecule has 0 aromatic heterocycles. The summed E-state index contributed by atoms with van der Waals surface area (Å²) in [6.07, 6.45) is 7.59. The predicted octanol–water partition coefficient (Wildman–Crippen LogP) is 2.43. The van der Waals surface area contributed by atoms with Gasteiger partial charge in [-0.15, -0.1) is 0 Å². The number of rotatable bonds is 7. The van der Waals surface area contributed by atoms with E-state index in [4.69, 9.17) is 9.73 Å². The Hall–Kier alpha value is -0.810. The molecule has 2 aliphatic rings. The highest BCUT2D eigenvalue weighted by molar-refractivity contribution is 5.79. The third-order valence-electron chi connectivity index (χ3n) is 5.55. The first-order chi connectivity index (χ1) is 11.7. The zero-order chi connectivity index (χ0) is 17.2. The van der Waals surface area contributed by atoms with Gasteiger partial charge < -0.3 is 19.9 Å². The molecule has 5 heteroatoms. The molecule has 0 unspecified atom stereocenters. The van der Waals surface area contributed by atoms with Crippen molar-refractivity contribution < 1.29 is 4.74 Å². The third kappa shape index (κ3) is 6.98. The number of ether oxygens (including phenoxy) is 1. The van der Waals surface area contributed by atoms with Crippen LogP contribution in [0.3, 0.4) is 0 Å². The van der Waals surface area contributed by atoms with Crippen molar-refractivity contribution in [2.45, 2.75) is 45.4 Å². The van der Waals surface area contributed by atoms with Gasteiger partial charge in [-0.25, -0.2) is 0 Å². The van der Waals surface area contributed by atoms with Gasteiger partial charge in [0.1, 0.15) is 0 Å². The Morgan fingerprint density at radius 3 is 2.46 bits per heavy atom. The van der Waals surface area contributed by atoms with Gasteiger partial charge in [-0.1, -0.05) is 0 Å². The first kappa shape index (κ1) is 19.5. The van der Waals surface area contributed by atoms with Crippen molar-refractivity contribution in [3.05, 3.63) is 0 Å². The molecule has 0 amide bonds. The van der Waals surface area contributed by atoms with Gasteiger partial charge in [0.25, 0.3) is 0 Å². The van der Waals surface area contributed by atoms with Crippen LogP contribution in [0.1, 0.15) is 45.4 Å². The molecule has 0 radical (unpaired) electrons. The summed E-state index contributed by atoms with van der Waals surface area (Å²) < 4.78 is 5.46. The Morgan fingerprint density at radius 2 is 1.79 bits per heavy atom. The molecular weight excluding hydrogens is 300 g/mol. The molecule has 0 aliphatic carbocycles. The summed E-state index contributed by atoms with van der Waals surface area (Å²) >= 11 is 0. The molecule has 2 rings (SSSR count). The van der Waals surface area contributed by atoms with Crippen molar-refractivity contribution in [1.82, 2.24) is 15.1 Å². The largest absolute Gasteiger partial charge is 0.381 e. The van der Waals surface area contributed by atoms with Crippen molar-refractivity contribution in [3.63, 3.8) is 0 Å². The number of aliphatic imine (C=N–C) groups is 1. The van der Waals surface area contributed by atoms with E-state index in [0.29, 0.717) is 0 Å². The Labute approximate surface area is 148 Å². The fraction of sp³-hybridized carbons (Fsp3) is 0.947. The Kier molecular flexibility index (Phi) is 8.89. The maximum absolute atomic E-state index is 5.46. The van der Waals surface area contributed by atoms with Gasteiger partial charge in [-0.05, 0) is 77.4 Å². The minimum absolute atomic E-state index is 0.823. The monoisotopic (exact) mass is 338 g/mol. The van der Waals surface area contributed by atoms with Crippen LogP contribution in [0, 0.1) is 11.8 Å². The van der Waals surface area contributed by atoms with Gasteiger partial charge in [0, 0.05) is 39.9 Å². The van der Waals surface area contributed by atoms with Crippen LogP contribution in [0.2, 0.25) is 0 Å². The molecule has 5 nitrogen and oxygen atoms in total. The van der Waals surface area contributed by atoms with Gasteiger partial charge in [0.15, 0.2) is 5.96 Å². The summed E-state index contributed by atoms with van der Waals surface area (Å²) in [6.45, 7) is 9.52. The second-order valence-corrected chi connectivity index (χ2v) is 7.54. The molecule has 2 heterocycles. The molecule has 2 aliphatic heterocycles. The van der Waals surface area contributed by atoms with E-state index >= 15 is 0 Å². The lowest BCUT2D eigenvalue weighted by Crippen LogP contribution is -2.40. The SMILES string of the molecule is CCNC(=NCCC1CCN(C)CC1)N(C)CCC1CCOCC1. The second kappa shape index (κ2) is 10.9.